The molecule has 4 heteroatoms. The Morgan fingerprint density at radius 3 is 2.27 bits per heavy atom. The quantitative estimate of drug-likeness (QED) is 0.852. The zero-order chi connectivity index (χ0) is 16.5. The van der Waals surface area contributed by atoms with E-state index in [-0.39, 0.29) is 6.09 Å². The molecule has 0 aromatic heterocycles. The largest absolute Gasteiger partial charge is 0.507 e. The van der Waals surface area contributed by atoms with Gasteiger partial charge in [-0.25, -0.2) is 4.79 Å². The fourth-order valence-electron chi connectivity index (χ4n) is 2.56. The summed E-state index contributed by atoms with van der Waals surface area (Å²) < 4.78 is 5.40. The van der Waals surface area contributed by atoms with Crippen LogP contribution in [-0.4, -0.2) is 34.8 Å². The van der Waals surface area contributed by atoms with Crippen LogP contribution in [0.2, 0.25) is 0 Å². The van der Waals surface area contributed by atoms with E-state index >= 15 is 0 Å². The molecule has 120 valence electrons. The van der Waals surface area contributed by atoms with E-state index in [1.54, 1.807) is 4.90 Å². The van der Waals surface area contributed by atoms with E-state index in [1.807, 2.05) is 46.8 Å². The molecule has 0 spiro atoms. The minimum absolute atomic E-state index is 0.263. The molecule has 1 aliphatic heterocycles. The topological polar surface area (TPSA) is 49.8 Å². The minimum Gasteiger partial charge on any atom is -0.507 e. The highest BCUT2D eigenvalue weighted by Crippen LogP contribution is 2.29. The SMILES string of the molecule is Cc1cc(C2=CCN(C(=O)OC(C)(C)C)CC2)cc(C)c1O. The number of carbonyl (C=O) groups excluding carboxylic acids is 1. The van der Waals surface area contributed by atoms with E-state index in [2.05, 4.69) is 6.08 Å². The standard InChI is InChI=1S/C18H25NO3/c1-12-10-15(11-13(2)16(12)20)14-6-8-19(9-7-14)17(21)22-18(3,4)5/h6,10-11,20H,7-9H2,1-5H3. The molecule has 4 nitrogen and oxygen atoms in total. The summed E-state index contributed by atoms with van der Waals surface area (Å²) >= 11 is 0. The monoisotopic (exact) mass is 303 g/mol. The van der Waals surface area contributed by atoms with Gasteiger partial charge in [-0.1, -0.05) is 6.08 Å². The summed E-state index contributed by atoms with van der Waals surface area (Å²) in [5, 5.41) is 9.86. The van der Waals surface area contributed by atoms with Crippen molar-refractivity contribution in [2.24, 2.45) is 0 Å². The second-order valence-corrected chi connectivity index (χ2v) is 6.86. The summed E-state index contributed by atoms with van der Waals surface area (Å²) in [5.74, 6) is 0.357. The van der Waals surface area contributed by atoms with E-state index in [9.17, 15) is 9.90 Å². The van der Waals surface area contributed by atoms with Gasteiger partial charge in [0, 0.05) is 13.1 Å². The molecule has 1 amide bonds. The van der Waals surface area contributed by atoms with Crippen LogP contribution in [-0.2, 0) is 4.74 Å². The van der Waals surface area contributed by atoms with Gasteiger partial charge in [-0.3, -0.25) is 0 Å². The first-order chi connectivity index (χ1) is 10.2. The van der Waals surface area contributed by atoms with Gasteiger partial charge in [0.15, 0.2) is 0 Å². The summed E-state index contributed by atoms with van der Waals surface area (Å²) in [6, 6.07) is 3.99. The van der Waals surface area contributed by atoms with Gasteiger partial charge in [-0.05, 0) is 75.4 Å². The molecule has 0 atom stereocenters. The summed E-state index contributed by atoms with van der Waals surface area (Å²) in [6.45, 7) is 10.6. The highest BCUT2D eigenvalue weighted by molar-refractivity contribution is 5.73. The average Bonchev–Trinajstić information content (AvgIpc) is 2.42. The molecule has 1 heterocycles. The van der Waals surface area contributed by atoms with Crippen molar-refractivity contribution in [3.8, 4) is 5.75 Å². The Labute approximate surface area is 132 Å². The number of phenolic OH excluding ortho intramolecular Hbond substituents is 1. The molecule has 22 heavy (non-hydrogen) atoms. The third-order valence-electron chi connectivity index (χ3n) is 3.72. The average molecular weight is 303 g/mol. The normalized spacial score (nSPS) is 15.5. The van der Waals surface area contributed by atoms with Crippen LogP contribution in [0.25, 0.3) is 5.57 Å². The number of aromatic hydroxyl groups is 1. The Hall–Kier alpha value is -1.97. The zero-order valence-corrected chi connectivity index (χ0v) is 14.1. The van der Waals surface area contributed by atoms with Crippen LogP contribution in [0.15, 0.2) is 18.2 Å². The van der Waals surface area contributed by atoms with Crippen molar-refractivity contribution in [2.75, 3.05) is 13.1 Å². The molecule has 0 radical (unpaired) electrons. The van der Waals surface area contributed by atoms with Crippen LogP contribution in [0.5, 0.6) is 5.75 Å². The van der Waals surface area contributed by atoms with Crippen molar-refractivity contribution in [1.29, 1.82) is 0 Å². The fourth-order valence-corrected chi connectivity index (χ4v) is 2.56. The predicted molar refractivity (Wildman–Crippen MR) is 88.0 cm³/mol. The Balaban J connectivity index is 2.10. The maximum atomic E-state index is 12.1. The molecule has 0 saturated carbocycles. The summed E-state index contributed by atoms with van der Waals surface area (Å²) in [7, 11) is 0. The summed E-state index contributed by atoms with van der Waals surface area (Å²) in [6.07, 6.45) is 2.60. The van der Waals surface area contributed by atoms with Crippen LogP contribution in [0.3, 0.4) is 0 Å². The number of phenols is 1. The molecule has 1 N–H and O–H groups in total. The van der Waals surface area contributed by atoms with E-state index < -0.39 is 5.60 Å². The molecule has 1 aromatic carbocycles. The summed E-state index contributed by atoms with van der Waals surface area (Å²) in [4.78, 5) is 13.8. The van der Waals surface area contributed by atoms with Gasteiger partial charge in [-0.15, -0.1) is 0 Å². The van der Waals surface area contributed by atoms with Crippen LogP contribution >= 0.6 is 0 Å². The fraction of sp³-hybridized carbons (Fsp3) is 0.500. The second kappa shape index (κ2) is 6.03. The molecular formula is C18H25NO3. The van der Waals surface area contributed by atoms with Crippen molar-refractivity contribution < 1.29 is 14.6 Å². The van der Waals surface area contributed by atoms with Crippen molar-refractivity contribution in [2.45, 2.75) is 46.6 Å². The van der Waals surface area contributed by atoms with Crippen LogP contribution in [0.1, 0.15) is 43.9 Å². The van der Waals surface area contributed by atoms with E-state index in [4.69, 9.17) is 4.74 Å². The van der Waals surface area contributed by atoms with Crippen LogP contribution < -0.4 is 0 Å². The van der Waals surface area contributed by atoms with Crippen molar-refractivity contribution in [1.82, 2.24) is 4.90 Å². The lowest BCUT2D eigenvalue weighted by Crippen LogP contribution is -2.39. The Bertz CT molecular complexity index is 588. The predicted octanol–water partition coefficient (Wildman–Crippen LogP) is 4.03. The van der Waals surface area contributed by atoms with Gasteiger partial charge < -0.3 is 14.7 Å². The van der Waals surface area contributed by atoms with Gasteiger partial charge in [0.1, 0.15) is 11.4 Å². The van der Waals surface area contributed by atoms with Gasteiger partial charge >= 0.3 is 6.09 Å². The maximum Gasteiger partial charge on any atom is 0.410 e. The third kappa shape index (κ3) is 3.81. The first-order valence-corrected chi connectivity index (χ1v) is 7.65. The first-order valence-electron chi connectivity index (χ1n) is 7.65. The van der Waals surface area contributed by atoms with Gasteiger partial charge in [0.05, 0.1) is 0 Å². The van der Waals surface area contributed by atoms with Gasteiger partial charge in [-0.2, -0.15) is 0 Å². The lowest BCUT2D eigenvalue weighted by Gasteiger charge is -2.29. The lowest BCUT2D eigenvalue weighted by atomic mass is 9.95. The number of aryl methyl sites for hydroxylation is 2. The van der Waals surface area contributed by atoms with Gasteiger partial charge in [0.2, 0.25) is 0 Å². The van der Waals surface area contributed by atoms with Crippen LogP contribution in [0, 0.1) is 13.8 Å². The second-order valence-electron chi connectivity index (χ2n) is 6.86. The Kier molecular flexibility index (Phi) is 4.50. The molecular weight excluding hydrogens is 278 g/mol. The number of hydrogen-bond acceptors (Lipinski definition) is 3. The lowest BCUT2D eigenvalue weighted by molar-refractivity contribution is 0.0270. The Morgan fingerprint density at radius 1 is 1.23 bits per heavy atom. The number of nitrogens with zero attached hydrogens (tertiary/aromatic N) is 1. The third-order valence-corrected chi connectivity index (χ3v) is 3.72. The number of rotatable bonds is 1. The molecule has 0 unspecified atom stereocenters. The molecule has 2 rings (SSSR count). The van der Waals surface area contributed by atoms with E-state index in [0.29, 0.717) is 18.8 Å². The van der Waals surface area contributed by atoms with E-state index in [0.717, 1.165) is 23.1 Å². The highest BCUT2D eigenvalue weighted by Gasteiger charge is 2.24. The highest BCUT2D eigenvalue weighted by atomic mass is 16.6. The number of ether oxygens (including phenoxy) is 1. The molecule has 1 aliphatic rings. The van der Waals surface area contributed by atoms with Crippen molar-refractivity contribution in [3.05, 3.63) is 34.9 Å². The zero-order valence-electron chi connectivity index (χ0n) is 14.1. The Morgan fingerprint density at radius 2 is 1.82 bits per heavy atom. The van der Waals surface area contributed by atoms with Crippen LogP contribution in [0.4, 0.5) is 4.79 Å². The van der Waals surface area contributed by atoms with Crippen molar-refractivity contribution >= 4 is 11.7 Å². The maximum absolute atomic E-state index is 12.1. The number of hydrogen-bond donors (Lipinski definition) is 1. The smallest absolute Gasteiger partial charge is 0.410 e. The number of amides is 1. The number of carbonyl (C=O) groups is 1. The van der Waals surface area contributed by atoms with Crippen molar-refractivity contribution in [3.63, 3.8) is 0 Å². The molecule has 0 aliphatic carbocycles. The molecule has 1 aromatic rings. The van der Waals surface area contributed by atoms with E-state index in [1.165, 1.54) is 5.57 Å². The van der Waals surface area contributed by atoms with Gasteiger partial charge in [0.25, 0.3) is 0 Å². The summed E-state index contributed by atoms with van der Waals surface area (Å²) in [5.41, 5.74) is 3.63. The molecule has 0 bridgehead atoms. The molecule has 0 fully saturated rings. The molecule has 0 saturated heterocycles. The first kappa shape index (κ1) is 16.4. The number of benzene rings is 1. The minimum atomic E-state index is -0.466.